The van der Waals surface area contributed by atoms with E-state index in [4.69, 9.17) is 0 Å². The molecule has 3 nitrogen and oxygen atoms in total. The van der Waals surface area contributed by atoms with Gasteiger partial charge >= 0.3 is 0 Å². The average molecular weight is 372 g/mol. The van der Waals surface area contributed by atoms with Crippen LogP contribution in [0.2, 0.25) is 0 Å². The fourth-order valence-electron chi connectivity index (χ4n) is 2.41. The molecule has 0 saturated carbocycles. The zero-order valence-corrected chi connectivity index (χ0v) is 15.7. The third-order valence-electron chi connectivity index (χ3n) is 3.71. The van der Waals surface area contributed by atoms with Gasteiger partial charge in [0.2, 0.25) is 5.91 Å². The van der Waals surface area contributed by atoms with E-state index in [0.29, 0.717) is 6.42 Å². The average Bonchev–Trinajstić information content (AvgIpc) is 2.72. The molecule has 27 heavy (non-hydrogen) atoms. The summed E-state index contributed by atoms with van der Waals surface area (Å²) < 4.78 is 0. The van der Waals surface area contributed by atoms with Crippen LogP contribution in [0.15, 0.2) is 83.9 Å². The second kappa shape index (κ2) is 10.2. The quantitative estimate of drug-likeness (QED) is 0.376. The predicted octanol–water partition coefficient (Wildman–Crippen LogP) is 4.99. The largest absolute Gasteiger partial charge is 0.326 e. The van der Waals surface area contributed by atoms with E-state index in [-0.39, 0.29) is 5.91 Å². The zero-order valence-electron chi connectivity index (χ0n) is 14.9. The van der Waals surface area contributed by atoms with Crippen molar-refractivity contribution < 1.29 is 4.79 Å². The number of benzene rings is 2. The highest BCUT2D eigenvalue weighted by Gasteiger charge is 2.03. The minimum atomic E-state index is 0.0264. The van der Waals surface area contributed by atoms with Gasteiger partial charge in [-0.05, 0) is 60.6 Å². The summed E-state index contributed by atoms with van der Waals surface area (Å²) >= 11 is 1.77. The molecule has 0 bridgehead atoms. The van der Waals surface area contributed by atoms with Crippen LogP contribution in [-0.4, -0.2) is 16.6 Å². The van der Waals surface area contributed by atoms with Gasteiger partial charge in [-0.15, -0.1) is 11.8 Å². The van der Waals surface area contributed by atoms with Crippen LogP contribution in [0.5, 0.6) is 0 Å². The van der Waals surface area contributed by atoms with Crippen molar-refractivity contribution in [2.24, 2.45) is 0 Å². The number of aromatic nitrogens is 1. The Bertz CT molecular complexity index is 931. The van der Waals surface area contributed by atoms with Crippen molar-refractivity contribution in [3.05, 3.63) is 90.3 Å². The van der Waals surface area contributed by atoms with Crippen molar-refractivity contribution in [2.75, 3.05) is 11.1 Å². The Morgan fingerprint density at radius 1 is 0.963 bits per heavy atom. The monoisotopic (exact) mass is 372 g/mol. The van der Waals surface area contributed by atoms with E-state index in [2.05, 4.69) is 34.3 Å². The first-order chi connectivity index (χ1) is 13.3. The topological polar surface area (TPSA) is 42.0 Å². The number of amides is 1. The van der Waals surface area contributed by atoms with Crippen LogP contribution in [0.25, 0.3) is 0 Å². The van der Waals surface area contributed by atoms with E-state index >= 15 is 0 Å². The number of pyridine rings is 1. The normalized spacial score (nSPS) is 9.93. The van der Waals surface area contributed by atoms with Gasteiger partial charge < -0.3 is 5.32 Å². The number of nitrogens with one attached hydrogen (secondary N) is 1. The van der Waals surface area contributed by atoms with Crippen molar-refractivity contribution in [1.82, 2.24) is 4.98 Å². The first kappa shape index (κ1) is 18.8. The second-order valence-corrected chi connectivity index (χ2v) is 7.03. The highest BCUT2D eigenvalue weighted by molar-refractivity contribution is 7.99. The first-order valence-electron chi connectivity index (χ1n) is 8.80. The van der Waals surface area contributed by atoms with Crippen LogP contribution >= 0.6 is 11.8 Å². The Balaban J connectivity index is 1.47. The Labute approximate surface area is 164 Å². The lowest BCUT2D eigenvalue weighted by atomic mass is 10.2. The van der Waals surface area contributed by atoms with E-state index in [9.17, 15) is 4.79 Å². The van der Waals surface area contributed by atoms with E-state index in [1.807, 2.05) is 60.7 Å². The fourth-order valence-corrected chi connectivity index (χ4v) is 3.28. The lowest BCUT2D eigenvalue weighted by Gasteiger charge is -2.06. The molecule has 0 fully saturated rings. The molecule has 1 aromatic heterocycles. The van der Waals surface area contributed by atoms with Crippen molar-refractivity contribution in [3.8, 4) is 11.8 Å². The lowest BCUT2D eigenvalue weighted by molar-refractivity contribution is -0.116. The summed E-state index contributed by atoms with van der Waals surface area (Å²) in [6, 6.07) is 23.4. The van der Waals surface area contributed by atoms with E-state index in [1.54, 1.807) is 18.0 Å². The standard InChI is InChI=1S/C23H20N2OS/c26-23(13-7-17-27-22-11-2-1-3-12-22)25-21-10-6-8-19(18-21)14-15-20-9-4-5-16-24-20/h1-6,8-12,16,18H,7,13,17H2,(H,25,26). The molecule has 2 aromatic carbocycles. The lowest BCUT2D eigenvalue weighted by Crippen LogP contribution is -2.11. The van der Waals surface area contributed by atoms with Crippen molar-refractivity contribution in [2.45, 2.75) is 17.7 Å². The van der Waals surface area contributed by atoms with Crippen LogP contribution in [0.4, 0.5) is 5.69 Å². The smallest absolute Gasteiger partial charge is 0.224 e. The number of hydrogen-bond donors (Lipinski definition) is 1. The van der Waals surface area contributed by atoms with E-state index in [1.165, 1.54) is 4.90 Å². The molecular formula is C23H20N2OS. The number of hydrogen-bond acceptors (Lipinski definition) is 3. The molecule has 3 rings (SSSR count). The molecule has 1 N–H and O–H groups in total. The molecular weight excluding hydrogens is 352 g/mol. The Hall–Kier alpha value is -3.03. The summed E-state index contributed by atoms with van der Waals surface area (Å²) in [5, 5.41) is 2.95. The third kappa shape index (κ3) is 6.65. The van der Waals surface area contributed by atoms with Gasteiger partial charge in [-0.25, -0.2) is 4.98 Å². The van der Waals surface area contributed by atoms with Gasteiger partial charge in [-0.1, -0.05) is 36.3 Å². The minimum absolute atomic E-state index is 0.0264. The fraction of sp³-hybridized carbons (Fsp3) is 0.130. The zero-order chi connectivity index (χ0) is 18.7. The van der Waals surface area contributed by atoms with Crippen molar-refractivity contribution in [3.63, 3.8) is 0 Å². The van der Waals surface area contributed by atoms with Crippen LogP contribution < -0.4 is 5.32 Å². The van der Waals surface area contributed by atoms with Crippen LogP contribution in [-0.2, 0) is 4.79 Å². The highest BCUT2D eigenvalue weighted by atomic mass is 32.2. The summed E-state index contributed by atoms with van der Waals surface area (Å²) in [6.07, 6.45) is 3.06. The Kier molecular flexibility index (Phi) is 7.08. The maximum Gasteiger partial charge on any atom is 0.224 e. The number of rotatable bonds is 6. The molecule has 134 valence electrons. The van der Waals surface area contributed by atoms with Crippen molar-refractivity contribution >= 4 is 23.4 Å². The maximum absolute atomic E-state index is 12.1. The van der Waals surface area contributed by atoms with E-state index in [0.717, 1.165) is 29.1 Å². The Morgan fingerprint density at radius 3 is 2.63 bits per heavy atom. The number of carbonyl (C=O) groups is 1. The minimum Gasteiger partial charge on any atom is -0.326 e. The molecule has 1 heterocycles. The van der Waals surface area contributed by atoms with Gasteiger partial charge in [0.1, 0.15) is 5.69 Å². The summed E-state index contributed by atoms with van der Waals surface area (Å²) in [7, 11) is 0. The predicted molar refractivity (Wildman–Crippen MR) is 112 cm³/mol. The molecule has 0 aliphatic heterocycles. The number of thioether (sulfide) groups is 1. The van der Waals surface area contributed by atoms with E-state index < -0.39 is 0 Å². The summed E-state index contributed by atoms with van der Waals surface area (Å²) in [6.45, 7) is 0. The van der Waals surface area contributed by atoms with Gasteiger partial charge in [0.05, 0.1) is 0 Å². The molecule has 0 saturated heterocycles. The number of anilines is 1. The molecule has 0 radical (unpaired) electrons. The van der Waals surface area contributed by atoms with Gasteiger partial charge in [-0.3, -0.25) is 4.79 Å². The van der Waals surface area contributed by atoms with Crippen LogP contribution in [0.1, 0.15) is 24.1 Å². The van der Waals surface area contributed by atoms with Gasteiger partial charge in [-0.2, -0.15) is 0 Å². The molecule has 0 unspecified atom stereocenters. The Morgan fingerprint density at radius 2 is 1.81 bits per heavy atom. The van der Waals surface area contributed by atoms with Crippen LogP contribution in [0.3, 0.4) is 0 Å². The maximum atomic E-state index is 12.1. The molecule has 0 aliphatic rings. The molecule has 3 aromatic rings. The summed E-state index contributed by atoms with van der Waals surface area (Å²) in [5.41, 5.74) is 2.34. The summed E-state index contributed by atoms with van der Waals surface area (Å²) in [5.74, 6) is 7.05. The number of nitrogens with zero attached hydrogens (tertiary/aromatic N) is 1. The van der Waals surface area contributed by atoms with Gasteiger partial charge in [0, 0.05) is 28.8 Å². The molecule has 4 heteroatoms. The first-order valence-corrected chi connectivity index (χ1v) is 9.79. The molecule has 0 spiro atoms. The SMILES string of the molecule is O=C(CCCSc1ccccc1)Nc1cccc(C#Cc2ccccn2)c1. The highest BCUT2D eigenvalue weighted by Crippen LogP contribution is 2.18. The summed E-state index contributed by atoms with van der Waals surface area (Å²) in [4.78, 5) is 17.6. The molecule has 1 amide bonds. The van der Waals surface area contributed by atoms with Crippen LogP contribution in [0, 0.1) is 11.8 Å². The second-order valence-electron chi connectivity index (χ2n) is 5.86. The molecule has 0 aliphatic carbocycles. The third-order valence-corrected chi connectivity index (χ3v) is 4.80. The molecule has 0 atom stereocenters. The van der Waals surface area contributed by atoms with Gasteiger partial charge in [0.15, 0.2) is 0 Å². The van der Waals surface area contributed by atoms with Gasteiger partial charge in [0.25, 0.3) is 0 Å². The number of carbonyl (C=O) groups excluding carboxylic acids is 1. The van der Waals surface area contributed by atoms with Crippen molar-refractivity contribution in [1.29, 1.82) is 0 Å².